The van der Waals surface area contributed by atoms with E-state index in [0.29, 0.717) is 18.1 Å². The molecule has 3 rings (SSSR count). The van der Waals surface area contributed by atoms with Crippen LogP contribution in [0.25, 0.3) is 0 Å². The highest BCUT2D eigenvalue weighted by Crippen LogP contribution is 2.22. The van der Waals surface area contributed by atoms with Crippen LogP contribution in [0.1, 0.15) is 23.4 Å². The Balaban J connectivity index is 1.69. The summed E-state index contributed by atoms with van der Waals surface area (Å²) in [5.41, 5.74) is 7.92. The molecule has 0 radical (unpaired) electrons. The average molecular weight is 319 g/mol. The minimum absolute atomic E-state index is 0.200. The number of sulfone groups is 1. The van der Waals surface area contributed by atoms with Crippen LogP contribution in [-0.4, -0.2) is 29.5 Å². The molecular formula is C16H21N3O2S. The largest absolute Gasteiger partial charge is 0.331 e. The maximum Gasteiger partial charge on any atom is 0.150 e. The summed E-state index contributed by atoms with van der Waals surface area (Å²) in [6.07, 6.45) is 5.22. The van der Waals surface area contributed by atoms with E-state index in [-0.39, 0.29) is 5.92 Å². The number of benzene rings is 1. The minimum Gasteiger partial charge on any atom is -0.331 e. The highest BCUT2D eigenvalue weighted by molar-refractivity contribution is 7.91. The van der Waals surface area contributed by atoms with Crippen molar-refractivity contribution in [2.75, 3.05) is 11.5 Å². The molecule has 0 saturated carbocycles. The molecule has 1 aromatic heterocycles. The zero-order valence-electron chi connectivity index (χ0n) is 12.5. The van der Waals surface area contributed by atoms with E-state index in [1.165, 1.54) is 5.56 Å². The molecule has 22 heavy (non-hydrogen) atoms. The van der Waals surface area contributed by atoms with E-state index in [1.807, 2.05) is 18.3 Å². The number of nitrogens with zero attached hydrogens (tertiary/aromatic N) is 2. The molecule has 0 bridgehead atoms. The van der Waals surface area contributed by atoms with Crippen LogP contribution in [0, 0.1) is 5.92 Å². The van der Waals surface area contributed by atoms with Crippen LogP contribution in [-0.2, 0) is 29.3 Å². The van der Waals surface area contributed by atoms with Gasteiger partial charge < -0.3 is 10.3 Å². The second-order valence-corrected chi connectivity index (χ2v) is 8.19. The fourth-order valence-corrected chi connectivity index (χ4v) is 4.80. The second-order valence-electron chi connectivity index (χ2n) is 5.97. The van der Waals surface area contributed by atoms with Crippen LogP contribution in [0.15, 0.2) is 36.7 Å². The van der Waals surface area contributed by atoms with Crippen molar-refractivity contribution in [3.8, 4) is 0 Å². The molecule has 0 aliphatic carbocycles. The van der Waals surface area contributed by atoms with Crippen LogP contribution in [0.4, 0.5) is 0 Å². The number of nitrogens with two attached hydrogens (primary N) is 1. The number of hydrogen-bond donors (Lipinski definition) is 1. The van der Waals surface area contributed by atoms with Crippen LogP contribution >= 0.6 is 0 Å². The first kappa shape index (κ1) is 15.2. The molecule has 1 saturated heterocycles. The summed E-state index contributed by atoms with van der Waals surface area (Å²) in [7, 11) is -2.83. The van der Waals surface area contributed by atoms with E-state index >= 15 is 0 Å². The van der Waals surface area contributed by atoms with Gasteiger partial charge in [0.05, 0.1) is 11.5 Å². The third-order valence-electron chi connectivity index (χ3n) is 4.21. The Hall–Kier alpha value is -1.66. The van der Waals surface area contributed by atoms with E-state index in [4.69, 9.17) is 5.73 Å². The fourth-order valence-electron chi connectivity index (χ4n) is 2.94. The molecule has 2 aromatic rings. The lowest BCUT2D eigenvalue weighted by Crippen LogP contribution is -2.12. The molecule has 118 valence electrons. The van der Waals surface area contributed by atoms with Crippen LogP contribution in [0.5, 0.6) is 0 Å². The lowest BCUT2D eigenvalue weighted by molar-refractivity contribution is 0.551. The van der Waals surface area contributed by atoms with Gasteiger partial charge in [0.1, 0.15) is 5.82 Å². The summed E-state index contributed by atoms with van der Waals surface area (Å²) in [6.45, 7) is 1.30. The summed E-state index contributed by atoms with van der Waals surface area (Å²) in [6, 6.07) is 8.23. The van der Waals surface area contributed by atoms with Crippen LogP contribution in [0.3, 0.4) is 0 Å². The van der Waals surface area contributed by atoms with Crippen molar-refractivity contribution in [1.29, 1.82) is 0 Å². The molecule has 5 nitrogen and oxygen atoms in total. The first-order valence-electron chi connectivity index (χ1n) is 7.54. The highest BCUT2D eigenvalue weighted by atomic mass is 32.2. The number of rotatable bonds is 5. The molecule has 1 aliphatic heterocycles. The van der Waals surface area contributed by atoms with E-state index in [1.54, 1.807) is 6.20 Å². The third-order valence-corrected chi connectivity index (χ3v) is 6.05. The van der Waals surface area contributed by atoms with Gasteiger partial charge in [-0.15, -0.1) is 0 Å². The Morgan fingerprint density at radius 3 is 2.59 bits per heavy atom. The smallest absolute Gasteiger partial charge is 0.150 e. The molecule has 1 fully saturated rings. The summed E-state index contributed by atoms with van der Waals surface area (Å²) in [5, 5.41) is 0. The monoisotopic (exact) mass is 319 g/mol. The normalized spacial score (nSPS) is 20.3. The predicted molar refractivity (Wildman–Crippen MR) is 86.1 cm³/mol. The van der Waals surface area contributed by atoms with Gasteiger partial charge in [-0.3, -0.25) is 0 Å². The second kappa shape index (κ2) is 6.22. The minimum atomic E-state index is -2.83. The summed E-state index contributed by atoms with van der Waals surface area (Å²) in [5.74, 6) is 1.78. The van der Waals surface area contributed by atoms with Crippen LogP contribution < -0.4 is 5.73 Å². The third kappa shape index (κ3) is 3.56. The molecular weight excluding hydrogens is 298 g/mol. The zero-order valence-corrected chi connectivity index (χ0v) is 13.3. The van der Waals surface area contributed by atoms with E-state index in [9.17, 15) is 8.42 Å². The standard InChI is InChI=1S/C16H21N3O2S/c17-10-13-1-3-14(4-2-13)11-19-7-6-18-16(19)9-15-5-8-22(20,21)12-15/h1-4,6-7,15H,5,8-12,17H2. The van der Waals surface area contributed by atoms with Crippen molar-refractivity contribution in [2.24, 2.45) is 11.7 Å². The Kier molecular flexibility index (Phi) is 4.31. The predicted octanol–water partition coefficient (Wildman–Crippen LogP) is 1.37. The molecule has 6 heteroatoms. The Bertz CT molecular complexity index is 735. The number of hydrogen-bond acceptors (Lipinski definition) is 4. The van der Waals surface area contributed by atoms with Crippen molar-refractivity contribution in [3.05, 3.63) is 53.6 Å². The Morgan fingerprint density at radius 1 is 1.23 bits per heavy atom. The molecule has 1 unspecified atom stereocenters. The van der Waals surface area contributed by atoms with Crippen molar-refractivity contribution in [2.45, 2.75) is 25.9 Å². The highest BCUT2D eigenvalue weighted by Gasteiger charge is 2.28. The van der Waals surface area contributed by atoms with Crippen molar-refractivity contribution in [1.82, 2.24) is 9.55 Å². The van der Waals surface area contributed by atoms with Gasteiger partial charge in [0.2, 0.25) is 0 Å². The summed E-state index contributed by atoms with van der Waals surface area (Å²) in [4.78, 5) is 4.41. The number of aromatic nitrogens is 2. The quantitative estimate of drug-likeness (QED) is 0.903. The SMILES string of the molecule is NCc1ccc(Cn2ccnc2CC2CCS(=O)(=O)C2)cc1. The topological polar surface area (TPSA) is 78.0 Å². The van der Waals surface area contributed by atoms with Gasteiger partial charge >= 0.3 is 0 Å². The molecule has 2 N–H and O–H groups in total. The molecule has 1 aliphatic rings. The molecule has 0 spiro atoms. The maximum atomic E-state index is 11.6. The lowest BCUT2D eigenvalue weighted by atomic mass is 10.0. The number of imidazole rings is 1. The van der Waals surface area contributed by atoms with Gasteiger partial charge in [-0.2, -0.15) is 0 Å². The molecule has 2 heterocycles. The van der Waals surface area contributed by atoms with Gasteiger partial charge in [0, 0.05) is 31.9 Å². The molecule has 1 aromatic carbocycles. The summed E-state index contributed by atoms with van der Waals surface area (Å²) < 4.78 is 25.2. The van der Waals surface area contributed by atoms with Crippen molar-refractivity contribution in [3.63, 3.8) is 0 Å². The Morgan fingerprint density at radius 2 is 1.95 bits per heavy atom. The van der Waals surface area contributed by atoms with Gasteiger partial charge in [-0.05, 0) is 23.5 Å². The lowest BCUT2D eigenvalue weighted by Gasteiger charge is -2.11. The maximum absolute atomic E-state index is 11.6. The van der Waals surface area contributed by atoms with Gasteiger partial charge in [-0.1, -0.05) is 24.3 Å². The fraction of sp³-hybridized carbons (Fsp3) is 0.438. The molecule has 1 atom stereocenters. The average Bonchev–Trinajstić information content (AvgIpc) is 3.07. The van der Waals surface area contributed by atoms with Gasteiger partial charge in [0.15, 0.2) is 9.84 Å². The van der Waals surface area contributed by atoms with Gasteiger partial charge in [0.25, 0.3) is 0 Å². The Labute approximate surface area is 131 Å². The summed E-state index contributed by atoms with van der Waals surface area (Å²) >= 11 is 0. The van der Waals surface area contributed by atoms with Gasteiger partial charge in [-0.25, -0.2) is 13.4 Å². The van der Waals surface area contributed by atoms with E-state index in [2.05, 4.69) is 21.7 Å². The zero-order chi connectivity index (χ0) is 15.6. The first-order chi connectivity index (χ1) is 10.6. The van der Waals surface area contributed by atoms with E-state index in [0.717, 1.165) is 30.8 Å². The first-order valence-corrected chi connectivity index (χ1v) is 9.36. The van der Waals surface area contributed by atoms with Crippen LogP contribution in [0.2, 0.25) is 0 Å². The molecule has 0 amide bonds. The van der Waals surface area contributed by atoms with Crippen molar-refractivity contribution >= 4 is 9.84 Å². The van der Waals surface area contributed by atoms with E-state index < -0.39 is 9.84 Å². The van der Waals surface area contributed by atoms with Crippen molar-refractivity contribution < 1.29 is 8.42 Å².